The maximum Gasteiger partial charge on any atom is 0.323 e. The zero-order valence-electron chi connectivity index (χ0n) is 12.3. The number of hydrogen-bond donors (Lipinski definition) is 1. The zero-order chi connectivity index (χ0) is 15.8. The van der Waals surface area contributed by atoms with Gasteiger partial charge in [-0.25, -0.2) is 4.79 Å². The van der Waals surface area contributed by atoms with Gasteiger partial charge in [0, 0.05) is 12.6 Å². The Morgan fingerprint density at radius 3 is 2.38 bits per heavy atom. The number of carbonyl (C=O) groups is 2. The summed E-state index contributed by atoms with van der Waals surface area (Å²) >= 11 is 0. The predicted octanol–water partition coefficient (Wildman–Crippen LogP) is 2.04. The molecule has 0 atom stereocenters. The van der Waals surface area contributed by atoms with Gasteiger partial charge in [-0.2, -0.15) is 0 Å². The Hall–Kier alpha value is -2.48. The Morgan fingerprint density at radius 1 is 1.29 bits per heavy atom. The molecule has 112 valence electrons. The summed E-state index contributed by atoms with van der Waals surface area (Å²) in [4.78, 5) is 26.1. The maximum absolute atomic E-state index is 12.5. The second-order valence-electron chi connectivity index (χ2n) is 4.94. The summed E-state index contributed by atoms with van der Waals surface area (Å²) in [6.07, 6.45) is 5.22. The number of terminal acetylenes is 1. The highest BCUT2D eigenvalue weighted by molar-refractivity contribution is 5.80. The van der Waals surface area contributed by atoms with Crippen molar-refractivity contribution in [2.75, 3.05) is 13.1 Å². The van der Waals surface area contributed by atoms with Crippen molar-refractivity contribution in [2.45, 2.75) is 26.4 Å². The van der Waals surface area contributed by atoms with Gasteiger partial charge in [0.25, 0.3) is 0 Å². The van der Waals surface area contributed by atoms with E-state index in [2.05, 4.69) is 5.92 Å². The van der Waals surface area contributed by atoms with Gasteiger partial charge in [0.1, 0.15) is 6.54 Å². The van der Waals surface area contributed by atoms with E-state index in [4.69, 9.17) is 11.5 Å². The molecule has 0 spiro atoms. The fourth-order valence-electron chi connectivity index (χ4n) is 1.90. The third-order valence-electron chi connectivity index (χ3n) is 2.94. The average molecular weight is 288 g/mol. The lowest BCUT2D eigenvalue weighted by molar-refractivity contribution is -0.137. The highest BCUT2D eigenvalue weighted by atomic mass is 16.4. The quantitative estimate of drug-likeness (QED) is 0.815. The van der Waals surface area contributed by atoms with Gasteiger partial charge >= 0.3 is 12.0 Å². The molecule has 0 bridgehead atoms. The topological polar surface area (TPSA) is 60.9 Å². The molecule has 0 saturated heterocycles. The SMILES string of the molecule is C#CCN(CC(=O)O)C(=O)N(Cc1ccccc1)C(C)C. The lowest BCUT2D eigenvalue weighted by atomic mass is 10.2. The van der Waals surface area contributed by atoms with E-state index in [1.807, 2.05) is 44.2 Å². The standard InChI is InChI=1S/C16H20N2O3/c1-4-10-17(12-15(19)20)16(21)18(13(2)3)11-14-8-6-5-7-9-14/h1,5-9,13H,10-12H2,2-3H3,(H,19,20). The minimum absolute atomic E-state index is 0.0247. The van der Waals surface area contributed by atoms with Crippen molar-refractivity contribution in [1.82, 2.24) is 9.80 Å². The summed E-state index contributed by atoms with van der Waals surface area (Å²) in [5.41, 5.74) is 0.982. The molecule has 0 unspecified atom stereocenters. The summed E-state index contributed by atoms with van der Waals surface area (Å²) in [5, 5.41) is 8.89. The normalized spacial score (nSPS) is 10.0. The molecule has 1 aromatic carbocycles. The predicted molar refractivity (Wildman–Crippen MR) is 80.6 cm³/mol. The molecular formula is C16H20N2O3. The van der Waals surface area contributed by atoms with Crippen LogP contribution in [0.4, 0.5) is 4.79 Å². The van der Waals surface area contributed by atoms with Crippen LogP contribution in [0.3, 0.4) is 0 Å². The van der Waals surface area contributed by atoms with Crippen molar-refractivity contribution >= 4 is 12.0 Å². The van der Waals surface area contributed by atoms with Crippen molar-refractivity contribution in [1.29, 1.82) is 0 Å². The molecule has 1 N–H and O–H groups in total. The van der Waals surface area contributed by atoms with Crippen molar-refractivity contribution in [3.05, 3.63) is 35.9 Å². The van der Waals surface area contributed by atoms with Gasteiger partial charge in [-0.05, 0) is 19.4 Å². The van der Waals surface area contributed by atoms with Gasteiger partial charge in [-0.15, -0.1) is 6.42 Å². The number of carboxylic acid groups (broad SMARTS) is 1. The first-order valence-corrected chi connectivity index (χ1v) is 6.70. The van der Waals surface area contributed by atoms with Crippen LogP contribution in [0.1, 0.15) is 19.4 Å². The van der Waals surface area contributed by atoms with E-state index >= 15 is 0 Å². The molecular weight excluding hydrogens is 268 g/mol. The molecule has 0 aliphatic heterocycles. The summed E-state index contributed by atoms with van der Waals surface area (Å²) in [6, 6.07) is 9.11. The number of hydrogen-bond acceptors (Lipinski definition) is 2. The first-order valence-electron chi connectivity index (χ1n) is 6.70. The molecule has 0 aliphatic rings. The van der Waals surface area contributed by atoms with Crippen molar-refractivity contribution in [3.8, 4) is 12.3 Å². The van der Waals surface area contributed by atoms with Crippen molar-refractivity contribution < 1.29 is 14.7 Å². The number of rotatable bonds is 6. The molecule has 0 saturated carbocycles. The molecule has 1 rings (SSSR count). The van der Waals surface area contributed by atoms with Crippen LogP contribution in [-0.4, -0.2) is 46.0 Å². The van der Waals surface area contributed by atoms with Crippen molar-refractivity contribution in [3.63, 3.8) is 0 Å². The fourth-order valence-corrected chi connectivity index (χ4v) is 1.90. The van der Waals surface area contributed by atoms with Gasteiger partial charge < -0.3 is 14.9 Å². The third kappa shape index (κ3) is 5.19. The molecule has 1 aromatic rings. The van der Waals surface area contributed by atoms with E-state index in [9.17, 15) is 9.59 Å². The van der Waals surface area contributed by atoms with E-state index in [-0.39, 0.29) is 18.6 Å². The molecule has 0 aliphatic carbocycles. The van der Waals surface area contributed by atoms with E-state index in [0.717, 1.165) is 10.5 Å². The van der Waals surface area contributed by atoms with Crippen LogP contribution in [0, 0.1) is 12.3 Å². The molecule has 0 aromatic heterocycles. The number of benzene rings is 1. The smallest absolute Gasteiger partial charge is 0.323 e. The summed E-state index contributed by atoms with van der Waals surface area (Å²) < 4.78 is 0. The highest BCUT2D eigenvalue weighted by Crippen LogP contribution is 2.11. The monoisotopic (exact) mass is 288 g/mol. The third-order valence-corrected chi connectivity index (χ3v) is 2.94. The van der Waals surface area contributed by atoms with E-state index in [0.29, 0.717) is 6.54 Å². The Bertz CT molecular complexity index is 520. The van der Waals surface area contributed by atoms with Crippen LogP contribution >= 0.6 is 0 Å². The lowest BCUT2D eigenvalue weighted by Crippen LogP contribution is -2.47. The molecule has 0 radical (unpaired) electrons. The zero-order valence-corrected chi connectivity index (χ0v) is 12.3. The molecule has 2 amide bonds. The summed E-state index contributed by atoms with van der Waals surface area (Å²) in [6.45, 7) is 3.76. The lowest BCUT2D eigenvalue weighted by Gasteiger charge is -2.31. The first kappa shape index (κ1) is 16.6. The van der Waals surface area contributed by atoms with Gasteiger partial charge in [-0.1, -0.05) is 36.3 Å². The molecule has 0 fully saturated rings. The molecule has 5 nitrogen and oxygen atoms in total. The van der Waals surface area contributed by atoms with Crippen LogP contribution < -0.4 is 0 Å². The van der Waals surface area contributed by atoms with Crippen LogP contribution in [0.25, 0.3) is 0 Å². The summed E-state index contributed by atoms with van der Waals surface area (Å²) in [7, 11) is 0. The first-order chi connectivity index (χ1) is 9.95. The minimum Gasteiger partial charge on any atom is -0.480 e. The van der Waals surface area contributed by atoms with E-state index in [1.165, 1.54) is 0 Å². The van der Waals surface area contributed by atoms with Gasteiger partial charge in [0.15, 0.2) is 0 Å². The van der Waals surface area contributed by atoms with Crippen LogP contribution in [0.15, 0.2) is 30.3 Å². The number of nitrogens with zero attached hydrogens (tertiary/aromatic N) is 2. The Balaban J connectivity index is 2.90. The number of aliphatic carboxylic acids is 1. The fraction of sp³-hybridized carbons (Fsp3) is 0.375. The average Bonchev–Trinajstić information content (AvgIpc) is 2.44. The highest BCUT2D eigenvalue weighted by Gasteiger charge is 2.24. The maximum atomic E-state index is 12.5. The Labute approximate surface area is 125 Å². The van der Waals surface area contributed by atoms with Crippen LogP contribution in [0.5, 0.6) is 0 Å². The van der Waals surface area contributed by atoms with Crippen LogP contribution in [0.2, 0.25) is 0 Å². The largest absolute Gasteiger partial charge is 0.480 e. The molecule has 21 heavy (non-hydrogen) atoms. The van der Waals surface area contributed by atoms with E-state index < -0.39 is 12.5 Å². The number of urea groups is 1. The summed E-state index contributed by atoms with van der Waals surface area (Å²) in [5.74, 6) is 1.25. The van der Waals surface area contributed by atoms with Gasteiger partial charge in [-0.3, -0.25) is 4.79 Å². The van der Waals surface area contributed by atoms with Crippen LogP contribution in [-0.2, 0) is 11.3 Å². The molecule has 0 heterocycles. The Kier molecular flexibility index (Phi) is 6.28. The Morgan fingerprint density at radius 2 is 1.90 bits per heavy atom. The van der Waals surface area contributed by atoms with Gasteiger partial charge in [0.2, 0.25) is 0 Å². The second-order valence-corrected chi connectivity index (χ2v) is 4.94. The van der Waals surface area contributed by atoms with E-state index in [1.54, 1.807) is 4.90 Å². The molecule has 5 heteroatoms. The number of carboxylic acids is 1. The minimum atomic E-state index is -1.08. The second kappa shape index (κ2) is 7.95. The van der Waals surface area contributed by atoms with Crippen molar-refractivity contribution in [2.24, 2.45) is 0 Å². The number of amides is 2. The van der Waals surface area contributed by atoms with Gasteiger partial charge in [0.05, 0.1) is 6.54 Å². The number of carbonyl (C=O) groups excluding carboxylic acids is 1.